The van der Waals surface area contributed by atoms with E-state index in [0.29, 0.717) is 17.7 Å². The van der Waals surface area contributed by atoms with Gasteiger partial charge in [0.05, 0.1) is 15.7 Å². The third kappa shape index (κ3) is 5.46. The van der Waals surface area contributed by atoms with Crippen LogP contribution in [0.15, 0.2) is 29.2 Å². The Labute approximate surface area is 102 Å². The first-order valence-electron chi connectivity index (χ1n) is 5.11. The number of benzene rings is 1. The molecule has 1 aromatic rings. The first-order valence-corrected chi connectivity index (χ1v) is 8.23. The molecule has 0 bridgehead atoms. The van der Waals surface area contributed by atoms with Gasteiger partial charge in [0, 0.05) is 11.9 Å². The van der Waals surface area contributed by atoms with Crippen LogP contribution in [0.5, 0.6) is 5.75 Å². The van der Waals surface area contributed by atoms with Gasteiger partial charge in [-0.25, -0.2) is 0 Å². The van der Waals surface area contributed by atoms with E-state index >= 15 is 0 Å². The van der Waals surface area contributed by atoms with Crippen molar-refractivity contribution in [3.63, 3.8) is 0 Å². The van der Waals surface area contributed by atoms with Crippen molar-refractivity contribution in [2.45, 2.75) is 17.7 Å². The number of rotatable bonds is 6. The number of phenols is 1. The summed E-state index contributed by atoms with van der Waals surface area (Å²) >= 11 is 0. The molecule has 7 heteroatoms. The van der Waals surface area contributed by atoms with E-state index in [0.717, 1.165) is 0 Å². The predicted octanol–water partition coefficient (Wildman–Crippen LogP) is 1.46. The van der Waals surface area contributed by atoms with Crippen LogP contribution in [-0.4, -0.2) is 31.0 Å². The van der Waals surface area contributed by atoms with Crippen LogP contribution in [-0.2, 0) is 15.4 Å². The molecule has 0 amide bonds. The van der Waals surface area contributed by atoms with Gasteiger partial charge in [0.2, 0.25) is 0 Å². The van der Waals surface area contributed by atoms with E-state index < -0.39 is 18.4 Å². The SMILES string of the molecule is O=[S@@](CCCCP(=O)(O)O)c1ccccc1O. The molecule has 0 radical (unpaired) electrons. The number of para-hydroxylation sites is 1. The minimum atomic E-state index is -3.96. The largest absolute Gasteiger partial charge is 0.507 e. The summed E-state index contributed by atoms with van der Waals surface area (Å²) in [6, 6.07) is 6.36. The molecule has 0 aliphatic carbocycles. The Hall–Kier alpha value is -0.680. The highest BCUT2D eigenvalue weighted by atomic mass is 32.2. The second-order valence-corrected chi connectivity index (χ2v) is 6.93. The standard InChI is InChI=1S/C10H15O5PS/c11-9-5-1-2-6-10(9)17(15)8-4-3-7-16(12,13)14/h1-2,5-6,11H,3-4,7-8H2,(H2,12,13,14)/t17-/m0/s1. The van der Waals surface area contributed by atoms with Crippen molar-refractivity contribution in [2.75, 3.05) is 11.9 Å². The highest BCUT2D eigenvalue weighted by molar-refractivity contribution is 7.85. The second-order valence-electron chi connectivity index (χ2n) is 3.61. The van der Waals surface area contributed by atoms with Gasteiger partial charge in [-0.05, 0) is 25.0 Å². The molecule has 0 heterocycles. The summed E-state index contributed by atoms with van der Waals surface area (Å²) in [7, 11) is -5.28. The van der Waals surface area contributed by atoms with Crippen LogP contribution in [0.25, 0.3) is 0 Å². The van der Waals surface area contributed by atoms with Gasteiger partial charge in [0.25, 0.3) is 0 Å². The smallest absolute Gasteiger partial charge is 0.325 e. The number of unbranched alkanes of at least 4 members (excludes halogenated alkanes) is 1. The summed E-state index contributed by atoms with van der Waals surface area (Å²) in [5.74, 6) is 0.276. The topological polar surface area (TPSA) is 94.8 Å². The Morgan fingerprint density at radius 1 is 1.18 bits per heavy atom. The Morgan fingerprint density at radius 3 is 2.41 bits per heavy atom. The number of hydrogen-bond donors (Lipinski definition) is 3. The van der Waals surface area contributed by atoms with Gasteiger partial charge in [0.1, 0.15) is 5.75 Å². The summed E-state index contributed by atoms with van der Waals surface area (Å²) in [6.07, 6.45) is 0.584. The summed E-state index contributed by atoms with van der Waals surface area (Å²) in [4.78, 5) is 17.6. The summed E-state index contributed by atoms with van der Waals surface area (Å²) < 4.78 is 22.3. The van der Waals surface area contributed by atoms with Gasteiger partial charge < -0.3 is 14.9 Å². The van der Waals surface area contributed by atoms with Gasteiger partial charge in [-0.15, -0.1) is 0 Å². The van der Waals surface area contributed by atoms with Gasteiger partial charge >= 0.3 is 7.60 Å². The molecule has 0 aromatic heterocycles. The van der Waals surface area contributed by atoms with Crippen LogP contribution in [0.1, 0.15) is 12.8 Å². The highest BCUT2D eigenvalue weighted by Gasteiger charge is 2.13. The van der Waals surface area contributed by atoms with Gasteiger partial charge in [0.15, 0.2) is 0 Å². The number of phenolic OH excluding ortho intramolecular Hbond substituents is 1. The van der Waals surface area contributed by atoms with Gasteiger partial charge in [-0.1, -0.05) is 12.1 Å². The van der Waals surface area contributed by atoms with Crippen molar-refractivity contribution in [2.24, 2.45) is 0 Å². The lowest BCUT2D eigenvalue weighted by molar-refractivity contribution is 0.371. The van der Waals surface area contributed by atoms with E-state index in [2.05, 4.69) is 0 Å². The molecule has 96 valence electrons. The van der Waals surface area contributed by atoms with E-state index in [4.69, 9.17) is 9.79 Å². The van der Waals surface area contributed by atoms with E-state index in [-0.39, 0.29) is 17.7 Å². The average molecular weight is 278 g/mol. The second kappa shape index (κ2) is 6.31. The lowest BCUT2D eigenvalue weighted by atomic mass is 10.3. The average Bonchev–Trinajstić information content (AvgIpc) is 2.23. The molecular formula is C10H15O5PS. The molecule has 5 nitrogen and oxygen atoms in total. The maximum atomic E-state index is 11.7. The molecule has 1 aromatic carbocycles. The zero-order valence-corrected chi connectivity index (χ0v) is 10.9. The molecule has 0 fully saturated rings. The lowest BCUT2D eigenvalue weighted by Crippen LogP contribution is -2.00. The molecule has 0 spiro atoms. The van der Waals surface area contributed by atoms with Crippen LogP contribution in [0, 0.1) is 0 Å². The Balaban J connectivity index is 2.41. The molecule has 1 rings (SSSR count). The first kappa shape index (κ1) is 14.4. The van der Waals surface area contributed by atoms with Crippen LogP contribution in [0.2, 0.25) is 0 Å². The summed E-state index contributed by atoms with van der Waals surface area (Å²) in [6.45, 7) is 0. The van der Waals surface area contributed by atoms with E-state index in [9.17, 15) is 13.9 Å². The third-order valence-electron chi connectivity index (χ3n) is 2.14. The Morgan fingerprint density at radius 2 is 1.82 bits per heavy atom. The molecule has 1 atom stereocenters. The van der Waals surface area contributed by atoms with Crippen molar-refractivity contribution in [1.82, 2.24) is 0 Å². The van der Waals surface area contributed by atoms with Crippen LogP contribution in [0.3, 0.4) is 0 Å². The molecule has 0 unspecified atom stereocenters. The quantitative estimate of drug-likeness (QED) is 0.541. The third-order valence-corrected chi connectivity index (χ3v) is 4.53. The van der Waals surface area contributed by atoms with Crippen LogP contribution in [0.4, 0.5) is 0 Å². The zero-order chi connectivity index (χ0) is 12.9. The lowest BCUT2D eigenvalue weighted by Gasteiger charge is -2.05. The van der Waals surface area contributed by atoms with Gasteiger partial charge in [-0.3, -0.25) is 8.77 Å². The Bertz CT molecular complexity index is 442. The van der Waals surface area contributed by atoms with Crippen LogP contribution < -0.4 is 0 Å². The molecule has 0 aliphatic heterocycles. The van der Waals surface area contributed by atoms with Crippen molar-refractivity contribution in [3.8, 4) is 5.75 Å². The van der Waals surface area contributed by atoms with Crippen molar-refractivity contribution < 1.29 is 23.7 Å². The number of aromatic hydroxyl groups is 1. The van der Waals surface area contributed by atoms with E-state index in [1.165, 1.54) is 6.07 Å². The fraction of sp³-hybridized carbons (Fsp3) is 0.400. The maximum absolute atomic E-state index is 11.7. The Kier molecular flexibility index (Phi) is 5.33. The minimum Gasteiger partial charge on any atom is -0.507 e. The molecule has 17 heavy (non-hydrogen) atoms. The minimum absolute atomic E-state index is 0.0131. The molecular weight excluding hydrogens is 263 g/mol. The van der Waals surface area contributed by atoms with Gasteiger partial charge in [-0.2, -0.15) is 0 Å². The predicted molar refractivity (Wildman–Crippen MR) is 65.5 cm³/mol. The van der Waals surface area contributed by atoms with Crippen molar-refractivity contribution >= 4 is 18.4 Å². The van der Waals surface area contributed by atoms with E-state index in [1.807, 2.05) is 0 Å². The fourth-order valence-corrected chi connectivity index (χ4v) is 3.16. The maximum Gasteiger partial charge on any atom is 0.325 e. The summed E-state index contributed by atoms with van der Waals surface area (Å²) in [5.41, 5.74) is 0. The number of hydrogen-bond acceptors (Lipinski definition) is 3. The van der Waals surface area contributed by atoms with Crippen LogP contribution >= 0.6 is 7.60 Å². The van der Waals surface area contributed by atoms with E-state index in [1.54, 1.807) is 18.2 Å². The molecule has 3 N–H and O–H groups in total. The van der Waals surface area contributed by atoms with Crippen molar-refractivity contribution in [3.05, 3.63) is 24.3 Å². The first-order chi connectivity index (χ1) is 7.90. The monoisotopic (exact) mass is 278 g/mol. The molecule has 0 saturated carbocycles. The highest BCUT2D eigenvalue weighted by Crippen LogP contribution is 2.35. The zero-order valence-electron chi connectivity index (χ0n) is 9.15. The summed E-state index contributed by atoms with van der Waals surface area (Å²) in [5, 5.41) is 9.45. The normalized spacial score (nSPS) is 13.5. The fourth-order valence-electron chi connectivity index (χ4n) is 1.31. The molecule has 0 aliphatic rings. The molecule has 0 saturated heterocycles. The van der Waals surface area contributed by atoms with Crippen molar-refractivity contribution in [1.29, 1.82) is 0 Å².